The van der Waals surface area contributed by atoms with Crippen LogP contribution in [0.3, 0.4) is 0 Å². The summed E-state index contributed by atoms with van der Waals surface area (Å²) in [4.78, 5) is 17.3. The Bertz CT molecular complexity index is 666. The van der Waals surface area contributed by atoms with Gasteiger partial charge in [0.15, 0.2) is 5.69 Å². The van der Waals surface area contributed by atoms with Crippen LogP contribution in [0.15, 0.2) is 0 Å². The zero-order chi connectivity index (χ0) is 19.5. The second kappa shape index (κ2) is 8.98. The molecule has 2 heterocycles. The van der Waals surface area contributed by atoms with Crippen LogP contribution in [-0.2, 0) is 19.4 Å². The lowest BCUT2D eigenvalue weighted by Gasteiger charge is -2.34. The summed E-state index contributed by atoms with van der Waals surface area (Å²) in [5.74, 6) is 0.818. The van der Waals surface area contributed by atoms with E-state index in [-0.39, 0.29) is 5.91 Å². The molecule has 0 bridgehead atoms. The van der Waals surface area contributed by atoms with Crippen molar-refractivity contribution in [3.8, 4) is 0 Å². The predicted molar refractivity (Wildman–Crippen MR) is 113 cm³/mol. The van der Waals surface area contributed by atoms with Gasteiger partial charge in [-0.2, -0.15) is 5.10 Å². The van der Waals surface area contributed by atoms with Crippen LogP contribution in [-0.4, -0.2) is 58.7 Å². The summed E-state index contributed by atoms with van der Waals surface area (Å²) in [6.07, 6.45) is 15.4. The van der Waals surface area contributed by atoms with E-state index in [1.54, 1.807) is 4.90 Å². The van der Waals surface area contributed by atoms with Crippen LogP contribution in [0.2, 0.25) is 0 Å². The average molecular weight is 387 g/mol. The smallest absolute Gasteiger partial charge is 0.274 e. The highest BCUT2D eigenvalue weighted by Crippen LogP contribution is 2.31. The van der Waals surface area contributed by atoms with Crippen molar-refractivity contribution in [2.24, 2.45) is 5.92 Å². The quantitative estimate of drug-likeness (QED) is 0.788. The van der Waals surface area contributed by atoms with Crippen LogP contribution >= 0.6 is 0 Å². The van der Waals surface area contributed by atoms with Crippen LogP contribution in [0.1, 0.15) is 86.0 Å². The second-order valence-corrected chi connectivity index (χ2v) is 9.51. The standard InChI is InChI=1S/C23H38N4O/c1-25(2)23(28)22-20-16-19(26-14-8-3-4-9-15-26)12-13-21(20)27(24-22)17-18-10-6-5-7-11-18/h18-19H,3-17H2,1-2H3. The molecule has 1 saturated carbocycles. The lowest BCUT2D eigenvalue weighted by molar-refractivity contribution is 0.0818. The van der Waals surface area contributed by atoms with Gasteiger partial charge in [0, 0.05) is 37.9 Å². The first-order valence-corrected chi connectivity index (χ1v) is 11.7. The van der Waals surface area contributed by atoms with Gasteiger partial charge in [-0.1, -0.05) is 32.1 Å². The lowest BCUT2D eigenvalue weighted by atomic mass is 9.88. The van der Waals surface area contributed by atoms with Crippen LogP contribution in [0.25, 0.3) is 0 Å². The van der Waals surface area contributed by atoms with Gasteiger partial charge in [0.25, 0.3) is 5.91 Å². The number of rotatable bonds is 4. The van der Waals surface area contributed by atoms with E-state index in [4.69, 9.17) is 5.10 Å². The van der Waals surface area contributed by atoms with Crippen molar-refractivity contribution >= 4 is 5.91 Å². The molecular formula is C23H38N4O. The molecule has 0 radical (unpaired) electrons. The third-order valence-corrected chi connectivity index (χ3v) is 7.24. The Labute approximate surface area is 170 Å². The average Bonchev–Trinajstić information content (AvgIpc) is 2.88. The third kappa shape index (κ3) is 4.29. The molecule has 1 saturated heterocycles. The van der Waals surface area contributed by atoms with E-state index >= 15 is 0 Å². The third-order valence-electron chi connectivity index (χ3n) is 7.24. The van der Waals surface area contributed by atoms with E-state index < -0.39 is 0 Å². The van der Waals surface area contributed by atoms with E-state index in [0.29, 0.717) is 6.04 Å². The Hall–Kier alpha value is -1.36. The first kappa shape index (κ1) is 19.9. The fourth-order valence-electron chi connectivity index (χ4n) is 5.59. The van der Waals surface area contributed by atoms with Crippen molar-refractivity contribution in [2.45, 2.75) is 89.6 Å². The number of carbonyl (C=O) groups is 1. The number of amides is 1. The molecule has 2 fully saturated rings. The first-order valence-electron chi connectivity index (χ1n) is 11.7. The molecule has 0 N–H and O–H groups in total. The van der Waals surface area contributed by atoms with Crippen LogP contribution in [0.4, 0.5) is 0 Å². The normalized spacial score (nSPS) is 24.6. The largest absolute Gasteiger partial charge is 0.343 e. The summed E-state index contributed by atoms with van der Waals surface area (Å²) in [7, 11) is 3.70. The summed E-state index contributed by atoms with van der Waals surface area (Å²) in [6.45, 7) is 3.47. The van der Waals surface area contributed by atoms with Crippen molar-refractivity contribution < 1.29 is 4.79 Å². The zero-order valence-electron chi connectivity index (χ0n) is 18.0. The van der Waals surface area contributed by atoms with Gasteiger partial charge in [-0.25, -0.2) is 0 Å². The fourth-order valence-corrected chi connectivity index (χ4v) is 5.59. The number of hydrogen-bond donors (Lipinski definition) is 0. The van der Waals surface area contributed by atoms with E-state index in [9.17, 15) is 4.79 Å². The van der Waals surface area contributed by atoms with E-state index in [1.165, 1.54) is 88.6 Å². The van der Waals surface area contributed by atoms with E-state index in [2.05, 4.69) is 9.58 Å². The minimum absolute atomic E-state index is 0.0789. The highest BCUT2D eigenvalue weighted by molar-refractivity contribution is 5.93. The first-order chi connectivity index (χ1) is 13.6. The van der Waals surface area contributed by atoms with Crippen LogP contribution < -0.4 is 0 Å². The highest BCUT2D eigenvalue weighted by Gasteiger charge is 2.33. The van der Waals surface area contributed by atoms with Crippen molar-refractivity contribution in [2.75, 3.05) is 27.2 Å². The Morgan fingerprint density at radius 3 is 2.36 bits per heavy atom. The molecule has 1 aromatic rings. The molecule has 3 aliphatic rings. The molecule has 4 rings (SSSR count). The Kier molecular flexibility index (Phi) is 6.39. The van der Waals surface area contributed by atoms with Gasteiger partial charge in [-0.3, -0.25) is 9.48 Å². The molecule has 0 spiro atoms. The minimum Gasteiger partial charge on any atom is -0.343 e. The SMILES string of the molecule is CN(C)C(=O)c1nn(CC2CCCCC2)c2c1CC(N1CCCCCC1)CC2. The molecule has 2 aliphatic carbocycles. The second-order valence-electron chi connectivity index (χ2n) is 9.51. The molecule has 156 valence electrons. The molecule has 1 aliphatic heterocycles. The number of fused-ring (bicyclic) bond motifs is 1. The highest BCUT2D eigenvalue weighted by atomic mass is 16.2. The van der Waals surface area contributed by atoms with Crippen LogP contribution in [0, 0.1) is 5.92 Å². The number of nitrogens with zero attached hydrogens (tertiary/aromatic N) is 4. The van der Waals surface area contributed by atoms with Gasteiger partial charge >= 0.3 is 0 Å². The Morgan fingerprint density at radius 2 is 1.68 bits per heavy atom. The maximum Gasteiger partial charge on any atom is 0.274 e. The van der Waals surface area contributed by atoms with Gasteiger partial charge in [0.2, 0.25) is 0 Å². The molecule has 28 heavy (non-hydrogen) atoms. The van der Waals surface area contributed by atoms with Crippen molar-refractivity contribution in [1.29, 1.82) is 0 Å². The topological polar surface area (TPSA) is 41.4 Å². The molecular weight excluding hydrogens is 348 g/mol. The molecule has 5 heteroatoms. The summed E-state index contributed by atoms with van der Waals surface area (Å²) in [5, 5.41) is 4.91. The Balaban J connectivity index is 1.57. The number of carbonyl (C=O) groups excluding carboxylic acids is 1. The molecule has 5 nitrogen and oxygen atoms in total. The zero-order valence-corrected chi connectivity index (χ0v) is 18.0. The fraction of sp³-hybridized carbons (Fsp3) is 0.826. The van der Waals surface area contributed by atoms with Gasteiger partial charge in [0.1, 0.15) is 0 Å². The Morgan fingerprint density at radius 1 is 1.00 bits per heavy atom. The number of aromatic nitrogens is 2. The minimum atomic E-state index is 0.0789. The summed E-state index contributed by atoms with van der Waals surface area (Å²) >= 11 is 0. The van der Waals surface area contributed by atoms with E-state index in [1.807, 2.05) is 14.1 Å². The summed E-state index contributed by atoms with van der Waals surface area (Å²) in [5.41, 5.74) is 3.35. The summed E-state index contributed by atoms with van der Waals surface area (Å²) < 4.78 is 2.24. The van der Waals surface area contributed by atoms with Crippen molar-refractivity contribution in [1.82, 2.24) is 19.6 Å². The maximum absolute atomic E-state index is 12.9. The molecule has 1 atom stereocenters. The molecule has 1 unspecified atom stereocenters. The number of likely N-dealkylation sites (tertiary alicyclic amines) is 1. The van der Waals surface area contributed by atoms with Crippen molar-refractivity contribution in [3.05, 3.63) is 17.0 Å². The van der Waals surface area contributed by atoms with Gasteiger partial charge in [-0.15, -0.1) is 0 Å². The molecule has 1 aromatic heterocycles. The maximum atomic E-state index is 12.9. The monoisotopic (exact) mass is 386 g/mol. The number of hydrogen-bond acceptors (Lipinski definition) is 3. The summed E-state index contributed by atoms with van der Waals surface area (Å²) in [6, 6.07) is 0.589. The van der Waals surface area contributed by atoms with E-state index in [0.717, 1.165) is 31.0 Å². The predicted octanol–water partition coefficient (Wildman–Crippen LogP) is 3.90. The van der Waals surface area contributed by atoms with Crippen LogP contribution in [0.5, 0.6) is 0 Å². The molecule has 1 amide bonds. The lowest BCUT2D eigenvalue weighted by Crippen LogP contribution is -2.40. The van der Waals surface area contributed by atoms with Gasteiger partial charge < -0.3 is 9.80 Å². The van der Waals surface area contributed by atoms with Crippen molar-refractivity contribution in [3.63, 3.8) is 0 Å². The molecule has 0 aromatic carbocycles. The van der Waals surface area contributed by atoms with Gasteiger partial charge in [0.05, 0.1) is 0 Å². The van der Waals surface area contributed by atoms with Gasteiger partial charge in [-0.05, 0) is 64.0 Å².